The first-order valence-electron chi connectivity index (χ1n) is 8.89. The minimum Gasteiger partial charge on any atom is -0.352 e. The second kappa shape index (κ2) is 8.13. The first-order chi connectivity index (χ1) is 12.5. The second-order valence-electron chi connectivity index (χ2n) is 6.72. The number of hydrogen-bond donors (Lipinski definition) is 1. The van der Waals surface area contributed by atoms with Crippen molar-refractivity contribution in [2.45, 2.75) is 32.4 Å². The molecular weight excluding hydrogens is 331 g/mol. The Hall–Kier alpha value is -2.69. The van der Waals surface area contributed by atoms with Gasteiger partial charge in [-0.25, -0.2) is 4.39 Å². The van der Waals surface area contributed by atoms with Crippen molar-refractivity contribution in [1.29, 1.82) is 0 Å². The van der Waals surface area contributed by atoms with Crippen LogP contribution in [0.5, 0.6) is 0 Å². The van der Waals surface area contributed by atoms with Gasteiger partial charge in [0.2, 0.25) is 11.8 Å². The van der Waals surface area contributed by atoms with E-state index in [2.05, 4.69) is 5.32 Å². The third-order valence-corrected chi connectivity index (χ3v) is 4.90. The Labute approximate surface area is 153 Å². The highest BCUT2D eigenvalue weighted by Gasteiger charge is 2.34. The summed E-state index contributed by atoms with van der Waals surface area (Å²) >= 11 is 0. The Morgan fingerprint density at radius 1 is 1.12 bits per heavy atom. The fourth-order valence-corrected chi connectivity index (χ4v) is 3.54. The Kier molecular flexibility index (Phi) is 5.66. The summed E-state index contributed by atoms with van der Waals surface area (Å²) in [6, 6.07) is 16.1. The van der Waals surface area contributed by atoms with Gasteiger partial charge >= 0.3 is 0 Å². The lowest BCUT2D eigenvalue weighted by Crippen LogP contribution is -2.46. The van der Waals surface area contributed by atoms with Crippen molar-refractivity contribution in [2.75, 3.05) is 6.54 Å². The SMILES string of the molecule is CC(=O)N1CC(C(=O)NCc2cccc(F)c2)CCC1c1ccccc1. The number of amides is 2. The van der Waals surface area contributed by atoms with Gasteiger partial charge in [0.05, 0.1) is 12.0 Å². The number of likely N-dealkylation sites (tertiary alicyclic amines) is 1. The molecule has 1 aliphatic heterocycles. The molecule has 2 aromatic rings. The monoisotopic (exact) mass is 354 g/mol. The van der Waals surface area contributed by atoms with Crippen LogP contribution in [0.1, 0.15) is 36.9 Å². The normalized spacial score (nSPS) is 19.8. The summed E-state index contributed by atoms with van der Waals surface area (Å²) in [5.74, 6) is -0.677. The van der Waals surface area contributed by atoms with Crippen LogP contribution in [0, 0.1) is 11.7 Å². The van der Waals surface area contributed by atoms with E-state index < -0.39 is 0 Å². The van der Waals surface area contributed by atoms with Crippen molar-refractivity contribution >= 4 is 11.8 Å². The van der Waals surface area contributed by atoms with Gasteiger partial charge in [-0.3, -0.25) is 9.59 Å². The van der Waals surface area contributed by atoms with E-state index in [1.54, 1.807) is 24.0 Å². The molecule has 136 valence electrons. The van der Waals surface area contributed by atoms with Crippen LogP contribution in [0.3, 0.4) is 0 Å². The molecule has 1 saturated heterocycles. The molecule has 1 aliphatic rings. The first-order valence-corrected chi connectivity index (χ1v) is 8.89. The molecule has 2 atom stereocenters. The smallest absolute Gasteiger partial charge is 0.225 e. The lowest BCUT2D eigenvalue weighted by Gasteiger charge is -2.39. The maximum Gasteiger partial charge on any atom is 0.225 e. The molecule has 1 fully saturated rings. The molecule has 4 nitrogen and oxygen atoms in total. The predicted octanol–water partition coefficient (Wildman–Crippen LogP) is 3.44. The van der Waals surface area contributed by atoms with Crippen molar-refractivity contribution in [1.82, 2.24) is 10.2 Å². The van der Waals surface area contributed by atoms with E-state index in [1.165, 1.54) is 12.1 Å². The zero-order chi connectivity index (χ0) is 18.5. The van der Waals surface area contributed by atoms with Crippen LogP contribution in [-0.2, 0) is 16.1 Å². The van der Waals surface area contributed by atoms with Crippen molar-refractivity contribution in [3.05, 3.63) is 71.5 Å². The third-order valence-electron chi connectivity index (χ3n) is 4.90. The van der Waals surface area contributed by atoms with Gasteiger partial charge in [-0.2, -0.15) is 0 Å². The summed E-state index contributed by atoms with van der Waals surface area (Å²) in [6.07, 6.45) is 1.47. The number of piperidine rings is 1. The van der Waals surface area contributed by atoms with E-state index >= 15 is 0 Å². The van der Waals surface area contributed by atoms with Gasteiger partial charge < -0.3 is 10.2 Å². The average Bonchev–Trinajstić information content (AvgIpc) is 2.66. The van der Waals surface area contributed by atoms with Crippen LogP contribution >= 0.6 is 0 Å². The van der Waals surface area contributed by atoms with Crippen molar-refractivity contribution in [3.8, 4) is 0 Å². The Balaban J connectivity index is 1.63. The highest BCUT2D eigenvalue weighted by molar-refractivity contribution is 5.81. The lowest BCUT2D eigenvalue weighted by molar-refractivity contribution is -0.137. The van der Waals surface area contributed by atoms with E-state index in [0.29, 0.717) is 6.54 Å². The molecule has 0 spiro atoms. The summed E-state index contributed by atoms with van der Waals surface area (Å²) in [4.78, 5) is 26.4. The maximum absolute atomic E-state index is 13.2. The van der Waals surface area contributed by atoms with E-state index in [-0.39, 0.29) is 36.1 Å². The summed E-state index contributed by atoms with van der Waals surface area (Å²) in [6.45, 7) is 2.24. The van der Waals surface area contributed by atoms with Crippen molar-refractivity contribution in [3.63, 3.8) is 0 Å². The molecule has 3 rings (SSSR count). The van der Waals surface area contributed by atoms with Gasteiger partial charge in [-0.1, -0.05) is 42.5 Å². The molecule has 1 N–H and O–H groups in total. The summed E-state index contributed by atoms with van der Waals surface area (Å²) in [7, 11) is 0. The number of benzene rings is 2. The molecule has 2 unspecified atom stereocenters. The number of carbonyl (C=O) groups excluding carboxylic acids is 2. The van der Waals surface area contributed by atoms with Gasteiger partial charge in [0.1, 0.15) is 5.82 Å². The van der Waals surface area contributed by atoms with Crippen LogP contribution in [0.2, 0.25) is 0 Å². The van der Waals surface area contributed by atoms with E-state index in [0.717, 1.165) is 24.0 Å². The zero-order valence-electron chi connectivity index (χ0n) is 14.8. The quantitative estimate of drug-likeness (QED) is 0.914. The third kappa shape index (κ3) is 4.28. The van der Waals surface area contributed by atoms with Crippen molar-refractivity contribution < 1.29 is 14.0 Å². The van der Waals surface area contributed by atoms with Crippen LogP contribution in [0.15, 0.2) is 54.6 Å². The Morgan fingerprint density at radius 3 is 2.58 bits per heavy atom. The van der Waals surface area contributed by atoms with E-state index in [4.69, 9.17) is 0 Å². The molecule has 0 aromatic heterocycles. The maximum atomic E-state index is 13.2. The number of nitrogens with zero attached hydrogens (tertiary/aromatic N) is 1. The van der Waals surface area contributed by atoms with E-state index in [9.17, 15) is 14.0 Å². The summed E-state index contributed by atoms with van der Waals surface area (Å²) in [5, 5.41) is 2.87. The highest BCUT2D eigenvalue weighted by atomic mass is 19.1. The van der Waals surface area contributed by atoms with Crippen LogP contribution in [0.4, 0.5) is 4.39 Å². The van der Waals surface area contributed by atoms with Gasteiger partial charge in [0.25, 0.3) is 0 Å². The topological polar surface area (TPSA) is 49.4 Å². The largest absolute Gasteiger partial charge is 0.352 e. The molecule has 26 heavy (non-hydrogen) atoms. The summed E-state index contributed by atoms with van der Waals surface area (Å²) < 4.78 is 13.2. The Morgan fingerprint density at radius 2 is 1.88 bits per heavy atom. The number of nitrogens with one attached hydrogen (secondary N) is 1. The highest BCUT2D eigenvalue weighted by Crippen LogP contribution is 2.33. The van der Waals surface area contributed by atoms with Crippen LogP contribution in [0.25, 0.3) is 0 Å². The number of hydrogen-bond acceptors (Lipinski definition) is 2. The molecule has 0 aliphatic carbocycles. The van der Waals surface area contributed by atoms with Crippen LogP contribution in [-0.4, -0.2) is 23.3 Å². The molecule has 0 radical (unpaired) electrons. The van der Waals surface area contributed by atoms with Gasteiger partial charge in [-0.15, -0.1) is 0 Å². The molecular formula is C21H23FN2O2. The standard InChI is InChI=1S/C21H23FN2O2/c1-15(25)24-14-18(10-11-20(24)17-7-3-2-4-8-17)21(26)23-13-16-6-5-9-19(22)12-16/h2-9,12,18,20H,10-11,13-14H2,1H3,(H,23,26). The molecule has 2 amide bonds. The molecule has 2 aromatic carbocycles. The predicted molar refractivity (Wildman–Crippen MR) is 97.5 cm³/mol. The minimum absolute atomic E-state index is 0.0148. The Bertz CT molecular complexity index is 779. The van der Waals surface area contributed by atoms with Gasteiger partial charge in [0, 0.05) is 20.0 Å². The molecule has 0 saturated carbocycles. The van der Waals surface area contributed by atoms with Crippen LogP contribution < -0.4 is 5.32 Å². The number of halogens is 1. The van der Waals surface area contributed by atoms with Gasteiger partial charge in [0.15, 0.2) is 0 Å². The second-order valence-corrected chi connectivity index (χ2v) is 6.72. The molecule has 1 heterocycles. The number of rotatable bonds is 4. The first kappa shape index (κ1) is 18.1. The fourth-order valence-electron chi connectivity index (χ4n) is 3.54. The average molecular weight is 354 g/mol. The lowest BCUT2D eigenvalue weighted by atomic mass is 9.88. The number of carbonyl (C=O) groups is 2. The van der Waals surface area contributed by atoms with Gasteiger partial charge in [-0.05, 0) is 36.1 Å². The van der Waals surface area contributed by atoms with Crippen molar-refractivity contribution in [2.24, 2.45) is 5.92 Å². The molecule has 5 heteroatoms. The zero-order valence-corrected chi connectivity index (χ0v) is 14.8. The molecule has 0 bridgehead atoms. The fraction of sp³-hybridized carbons (Fsp3) is 0.333. The minimum atomic E-state index is -0.317. The van der Waals surface area contributed by atoms with E-state index in [1.807, 2.05) is 30.3 Å². The summed E-state index contributed by atoms with van der Waals surface area (Å²) in [5.41, 5.74) is 1.82.